The predicted molar refractivity (Wildman–Crippen MR) is 63.9 cm³/mol. The van der Waals surface area contributed by atoms with Crippen LogP contribution in [-0.4, -0.2) is 22.5 Å². The molecule has 0 amide bonds. The fraction of sp³-hybridized carbons (Fsp3) is 0.400. The third-order valence-corrected chi connectivity index (χ3v) is 2.77. The number of rotatable bonds is 5. The Bertz CT molecular complexity index is 511. The first-order valence-electron chi connectivity index (χ1n) is 5.14. The van der Waals surface area contributed by atoms with Gasteiger partial charge in [-0.3, -0.25) is 4.79 Å². The van der Waals surface area contributed by atoms with Gasteiger partial charge in [0.05, 0.1) is 11.1 Å². The third kappa shape index (κ3) is 3.91. The number of hydrogen-bond acceptors (Lipinski definition) is 5. The number of esters is 1. The van der Waals surface area contributed by atoms with Crippen molar-refractivity contribution in [2.24, 2.45) is 0 Å². The number of halogens is 3. The molecule has 0 aliphatic heterocycles. The van der Waals surface area contributed by atoms with Gasteiger partial charge in [0.2, 0.25) is 0 Å². The zero-order valence-electron chi connectivity index (χ0n) is 9.73. The molecule has 0 spiro atoms. The van der Waals surface area contributed by atoms with Gasteiger partial charge in [-0.25, -0.2) is 8.78 Å². The molecule has 0 unspecified atom stereocenters. The summed E-state index contributed by atoms with van der Waals surface area (Å²) < 4.78 is 30.0. The molecule has 0 bridgehead atoms. The number of hydrogen-bond donors (Lipinski definition) is 0. The van der Waals surface area contributed by atoms with Gasteiger partial charge in [0.25, 0.3) is 6.43 Å². The van der Waals surface area contributed by atoms with Crippen molar-refractivity contribution >= 4 is 27.7 Å². The monoisotopic (exact) mass is 338 g/mol. The van der Waals surface area contributed by atoms with E-state index >= 15 is 0 Å². The highest BCUT2D eigenvalue weighted by Gasteiger charge is 2.27. The fourth-order valence-electron chi connectivity index (χ4n) is 1.31. The van der Waals surface area contributed by atoms with Gasteiger partial charge in [-0.1, -0.05) is 0 Å². The molecule has 0 saturated carbocycles. The van der Waals surface area contributed by atoms with E-state index in [0.717, 1.165) is 6.07 Å². The van der Waals surface area contributed by atoms with Crippen LogP contribution in [0.2, 0.25) is 0 Å². The maximum absolute atomic E-state index is 12.6. The van der Waals surface area contributed by atoms with Crippen LogP contribution in [0, 0.1) is 10.1 Å². The number of aromatic nitrogens is 1. The maximum atomic E-state index is 12.6. The first kappa shape index (κ1) is 15.4. The Morgan fingerprint density at radius 3 is 2.74 bits per heavy atom. The zero-order valence-corrected chi connectivity index (χ0v) is 11.3. The Balaban J connectivity index is 3.17. The number of carbonyl (C=O) groups excluding carboxylic acids is 1. The molecule has 1 aromatic heterocycles. The summed E-state index contributed by atoms with van der Waals surface area (Å²) in [4.78, 5) is 24.4. The number of pyridine rings is 1. The molecular formula is C10H9BrF2N2O4. The summed E-state index contributed by atoms with van der Waals surface area (Å²) in [7, 11) is 0. The van der Waals surface area contributed by atoms with Crippen LogP contribution in [-0.2, 0) is 16.0 Å². The second kappa shape index (κ2) is 6.50. The Hall–Kier alpha value is -1.64. The lowest BCUT2D eigenvalue weighted by Crippen LogP contribution is -2.11. The molecule has 0 atom stereocenters. The van der Waals surface area contributed by atoms with Gasteiger partial charge in [-0.15, -0.1) is 0 Å². The first-order chi connectivity index (χ1) is 8.86. The van der Waals surface area contributed by atoms with Gasteiger partial charge >= 0.3 is 11.8 Å². The minimum absolute atomic E-state index is 0.0189. The lowest BCUT2D eigenvalue weighted by molar-refractivity contribution is -0.391. The van der Waals surface area contributed by atoms with E-state index in [4.69, 9.17) is 0 Å². The van der Waals surface area contributed by atoms with Crippen LogP contribution >= 0.6 is 15.9 Å². The van der Waals surface area contributed by atoms with Gasteiger partial charge in [-0.05, 0) is 38.8 Å². The van der Waals surface area contributed by atoms with Gasteiger partial charge in [0, 0.05) is 0 Å². The summed E-state index contributed by atoms with van der Waals surface area (Å²) in [6.07, 6.45) is -3.36. The van der Waals surface area contributed by atoms with Crippen LogP contribution in [0.25, 0.3) is 0 Å². The summed E-state index contributed by atoms with van der Waals surface area (Å²) in [5, 5.41) is 10.7. The van der Waals surface area contributed by atoms with E-state index in [-0.39, 0.29) is 23.2 Å². The van der Waals surface area contributed by atoms with E-state index in [9.17, 15) is 23.7 Å². The number of nitro groups is 1. The molecule has 1 aromatic rings. The van der Waals surface area contributed by atoms with Crippen LogP contribution in [0.1, 0.15) is 24.6 Å². The highest BCUT2D eigenvalue weighted by atomic mass is 79.9. The van der Waals surface area contributed by atoms with Crippen molar-refractivity contribution in [2.75, 3.05) is 6.61 Å². The molecule has 6 nitrogen and oxygen atoms in total. The molecular weight excluding hydrogens is 330 g/mol. The van der Waals surface area contributed by atoms with Crippen molar-refractivity contribution in [2.45, 2.75) is 19.8 Å². The SMILES string of the molecule is CCOC(=O)Cc1nc([N+](=O)[O-])c(C(F)F)cc1Br. The molecule has 0 saturated heterocycles. The van der Waals surface area contributed by atoms with Crippen LogP contribution in [0.3, 0.4) is 0 Å². The molecule has 19 heavy (non-hydrogen) atoms. The maximum Gasteiger partial charge on any atom is 0.372 e. The lowest BCUT2D eigenvalue weighted by Gasteiger charge is -2.05. The average Bonchev–Trinajstić information content (AvgIpc) is 2.31. The van der Waals surface area contributed by atoms with Crippen molar-refractivity contribution < 1.29 is 23.2 Å². The Labute approximate surface area is 115 Å². The number of ether oxygens (including phenoxy) is 1. The Morgan fingerprint density at radius 1 is 1.63 bits per heavy atom. The van der Waals surface area contributed by atoms with Crippen molar-refractivity contribution in [3.8, 4) is 0 Å². The van der Waals surface area contributed by atoms with E-state index in [0.29, 0.717) is 0 Å². The van der Waals surface area contributed by atoms with Crippen molar-refractivity contribution in [1.29, 1.82) is 0 Å². The molecule has 104 valence electrons. The highest BCUT2D eigenvalue weighted by Crippen LogP contribution is 2.31. The lowest BCUT2D eigenvalue weighted by atomic mass is 10.2. The Kier molecular flexibility index (Phi) is 5.28. The number of alkyl halides is 2. The highest BCUT2D eigenvalue weighted by molar-refractivity contribution is 9.10. The second-order valence-electron chi connectivity index (χ2n) is 3.37. The van der Waals surface area contributed by atoms with Gasteiger partial charge in [0.15, 0.2) is 5.69 Å². The van der Waals surface area contributed by atoms with Crippen molar-refractivity contribution in [3.63, 3.8) is 0 Å². The number of carbonyl (C=O) groups is 1. The van der Waals surface area contributed by atoms with Crippen LogP contribution in [0.5, 0.6) is 0 Å². The predicted octanol–water partition coefficient (Wildman–Crippen LogP) is 2.80. The zero-order chi connectivity index (χ0) is 14.6. The minimum atomic E-state index is -3.03. The smallest absolute Gasteiger partial charge is 0.372 e. The standard InChI is InChI=1S/C10H9BrF2N2O4/c1-2-19-8(16)4-7-6(11)3-5(9(12)13)10(14-7)15(17)18/h3,9H,2,4H2,1H3. The van der Waals surface area contributed by atoms with Gasteiger partial charge in [-0.2, -0.15) is 0 Å². The number of nitrogens with zero attached hydrogens (tertiary/aromatic N) is 2. The van der Waals surface area contributed by atoms with Gasteiger partial charge in [0.1, 0.15) is 12.0 Å². The summed E-state index contributed by atoms with van der Waals surface area (Å²) in [5.41, 5.74) is -0.820. The fourth-order valence-corrected chi connectivity index (χ4v) is 1.79. The topological polar surface area (TPSA) is 82.3 Å². The summed E-state index contributed by atoms with van der Waals surface area (Å²) in [5.74, 6) is -1.60. The first-order valence-corrected chi connectivity index (χ1v) is 5.93. The third-order valence-electron chi connectivity index (χ3n) is 2.08. The van der Waals surface area contributed by atoms with Crippen LogP contribution < -0.4 is 0 Å². The Morgan fingerprint density at radius 2 is 2.26 bits per heavy atom. The molecule has 0 aliphatic carbocycles. The molecule has 0 aliphatic rings. The van der Waals surface area contributed by atoms with E-state index < -0.39 is 28.7 Å². The van der Waals surface area contributed by atoms with Crippen LogP contribution in [0.4, 0.5) is 14.6 Å². The molecule has 1 heterocycles. The van der Waals surface area contributed by atoms with Crippen LogP contribution in [0.15, 0.2) is 10.5 Å². The normalized spacial score (nSPS) is 10.6. The average molecular weight is 339 g/mol. The van der Waals surface area contributed by atoms with E-state index in [1.54, 1.807) is 6.92 Å². The van der Waals surface area contributed by atoms with E-state index in [1.807, 2.05) is 0 Å². The molecule has 9 heteroatoms. The molecule has 0 radical (unpaired) electrons. The van der Waals surface area contributed by atoms with Crippen molar-refractivity contribution in [3.05, 3.63) is 31.9 Å². The van der Waals surface area contributed by atoms with Crippen molar-refractivity contribution in [1.82, 2.24) is 4.98 Å². The largest absolute Gasteiger partial charge is 0.466 e. The summed E-state index contributed by atoms with van der Waals surface area (Å²) in [6, 6.07) is 0.893. The second-order valence-corrected chi connectivity index (χ2v) is 4.22. The van der Waals surface area contributed by atoms with Gasteiger partial charge < -0.3 is 14.9 Å². The molecule has 0 fully saturated rings. The summed E-state index contributed by atoms with van der Waals surface area (Å²) in [6.45, 7) is 1.75. The minimum Gasteiger partial charge on any atom is -0.466 e. The quantitative estimate of drug-likeness (QED) is 0.468. The van der Waals surface area contributed by atoms with E-state index in [2.05, 4.69) is 25.7 Å². The molecule has 0 N–H and O–H groups in total. The van der Waals surface area contributed by atoms with E-state index in [1.165, 1.54) is 0 Å². The molecule has 0 aromatic carbocycles. The molecule has 1 rings (SSSR count). The summed E-state index contributed by atoms with van der Waals surface area (Å²) >= 11 is 2.95.